The number of nitrogens with one attached hydrogen (secondary N) is 1. The van der Waals surface area contributed by atoms with Crippen LogP contribution in [0.25, 0.3) is 0 Å². The van der Waals surface area contributed by atoms with E-state index >= 15 is 0 Å². The van der Waals surface area contributed by atoms with Gasteiger partial charge < -0.3 is 15.2 Å². The van der Waals surface area contributed by atoms with E-state index < -0.39 is 5.60 Å². The van der Waals surface area contributed by atoms with Gasteiger partial charge in [-0.15, -0.1) is 6.58 Å². The van der Waals surface area contributed by atoms with Gasteiger partial charge in [0.15, 0.2) is 0 Å². The molecule has 1 amide bonds. The van der Waals surface area contributed by atoms with Crippen LogP contribution in [0.15, 0.2) is 12.7 Å². The molecule has 0 fully saturated rings. The molecule has 0 rings (SSSR count). The van der Waals surface area contributed by atoms with Crippen molar-refractivity contribution < 1.29 is 14.6 Å². The van der Waals surface area contributed by atoms with Crippen molar-refractivity contribution in [1.82, 2.24) is 5.32 Å². The van der Waals surface area contributed by atoms with Gasteiger partial charge >= 0.3 is 6.09 Å². The fourth-order valence-electron chi connectivity index (χ4n) is 1.83. The molecule has 4 heteroatoms. The molecule has 0 aromatic carbocycles. The number of alkyl carbamates (subject to hydrolysis) is 1. The van der Waals surface area contributed by atoms with Gasteiger partial charge in [0.2, 0.25) is 0 Å². The lowest BCUT2D eigenvalue weighted by molar-refractivity contribution is 0.0493. The first kappa shape index (κ1) is 18.0. The van der Waals surface area contributed by atoms with Crippen LogP contribution in [0.4, 0.5) is 4.79 Å². The maximum absolute atomic E-state index is 11.7. The van der Waals surface area contributed by atoms with Crippen LogP contribution in [0.1, 0.15) is 47.5 Å². The number of allylic oxidation sites excluding steroid dienone is 1. The third-order valence-corrected chi connectivity index (χ3v) is 3.09. The number of amides is 1. The number of carbonyl (C=O) groups is 1. The summed E-state index contributed by atoms with van der Waals surface area (Å²) in [5.41, 5.74) is -0.487. The molecule has 112 valence electrons. The highest BCUT2D eigenvalue weighted by molar-refractivity contribution is 5.68. The monoisotopic (exact) mass is 271 g/mol. The zero-order chi connectivity index (χ0) is 15.1. The molecular formula is C15H29NO3. The molecule has 19 heavy (non-hydrogen) atoms. The maximum Gasteiger partial charge on any atom is 0.407 e. The van der Waals surface area contributed by atoms with Gasteiger partial charge in [0.05, 0.1) is 0 Å². The molecule has 4 nitrogen and oxygen atoms in total. The van der Waals surface area contributed by atoms with Crippen LogP contribution in [0.3, 0.4) is 0 Å². The normalized spacial score (nSPS) is 16.3. The van der Waals surface area contributed by atoms with Gasteiger partial charge in [0.1, 0.15) is 5.60 Å². The van der Waals surface area contributed by atoms with E-state index in [0.717, 1.165) is 12.8 Å². The summed E-state index contributed by atoms with van der Waals surface area (Å²) < 4.78 is 5.25. The van der Waals surface area contributed by atoms with E-state index in [1.54, 1.807) is 0 Å². The molecule has 0 bridgehead atoms. The molecule has 0 saturated carbocycles. The van der Waals surface area contributed by atoms with Crippen molar-refractivity contribution in [3.8, 4) is 0 Å². The van der Waals surface area contributed by atoms with Crippen molar-refractivity contribution in [2.24, 2.45) is 11.8 Å². The average molecular weight is 271 g/mol. The first-order chi connectivity index (χ1) is 8.73. The second-order valence-corrected chi connectivity index (χ2v) is 6.05. The van der Waals surface area contributed by atoms with Crippen LogP contribution in [0, 0.1) is 11.8 Å². The van der Waals surface area contributed by atoms with Crippen molar-refractivity contribution in [1.29, 1.82) is 0 Å². The summed E-state index contributed by atoms with van der Waals surface area (Å²) in [6.45, 7) is 13.4. The Balaban J connectivity index is 4.42. The minimum Gasteiger partial charge on any atom is -0.444 e. The van der Waals surface area contributed by atoms with E-state index in [9.17, 15) is 9.90 Å². The third kappa shape index (κ3) is 7.88. The van der Waals surface area contributed by atoms with Gasteiger partial charge in [-0.2, -0.15) is 0 Å². The third-order valence-electron chi connectivity index (χ3n) is 3.09. The lowest BCUT2D eigenvalue weighted by atomic mass is 9.88. The number of ether oxygens (including phenoxy) is 1. The van der Waals surface area contributed by atoms with Crippen molar-refractivity contribution in [2.75, 3.05) is 6.61 Å². The Labute approximate surface area is 117 Å². The van der Waals surface area contributed by atoms with Crippen molar-refractivity contribution in [2.45, 2.75) is 59.1 Å². The quantitative estimate of drug-likeness (QED) is 0.699. The molecular weight excluding hydrogens is 242 g/mol. The summed E-state index contributed by atoms with van der Waals surface area (Å²) in [5.74, 6) is 0.330. The average Bonchev–Trinajstić information content (AvgIpc) is 2.31. The Bertz CT molecular complexity index is 284. The van der Waals surface area contributed by atoms with Crippen LogP contribution in [-0.4, -0.2) is 29.4 Å². The van der Waals surface area contributed by atoms with E-state index in [2.05, 4.69) is 11.9 Å². The van der Waals surface area contributed by atoms with E-state index in [0.29, 0.717) is 0 Å². The lowest BCUT2D eigenvalue weighted by Crippen LogP contribution is -2.40. The lowest BCUT2D eigenvalue weighted by Gasteiger charge is -2.26. The molecule has 0 heterocycles. The molecule has 0 aromatic heterocycles. The van der Waals surface area contributed by atoms with Gasteiger partial charge in [-0.3, -0.25) is 0 Å². The summed E-state index contributed by atoms with van der Waals surface area (Å²) in [6, 6.07) is 0.0341. The molecule has 2 N–H and O–H groups in total. The predicted molar refractivity (Wildman–Crippen MR) is 78.0 cm³/mol. The largest absolute Gasteiger partial charge is 0.444 e. The Morgan fingerprint density at radius 3 is 2.42 bits per heavy atom. The van der Waals surface area contributed by atoms with E-state index in [-0.39, 0.29) is 30.6 Å². The predicted octanol–water partition coefficient (Wildman–Crippen LogP) is 3.11. The fraction of sp³-hybridized carbons (Fsp3) is 0.800. The Kier molecular flexibility index (Phi) is 7.76. The zero-order valence-corrected chi connectivity index (χ0v) is 12.9. The number of aliphatic hydroxyl groups excluding tert-OH is 1. The molecule has 0 aliphatic carbocycles. The highest BCUT2D eigenvalue weighted by atomic mass is 16.6. The van der Waals surface area contributed by atoms with Crippen LogP contribution in [0.5, 0.6) is 0 Å². The molecule has 0 saturated heterocycles. The maximum atomic E-state index is 11.7. The van der Waals surface area contributed by atoms with Crippen molar-refractivity contribution in [3.63, 3.8) is 0 Å². The SMILES string of the molecule is C=C[C@H](C[C@H](CC)NC(=O)OC(C)(C)C)[C@H](C)CO. The molecule has 0 radical (unpaired) electrons. The van der Waals surface area contributed by atoms with Gasteiger partial charge in [-0.1, -0.05) is 19.9 Å². The molecule has 0 spiro atoms. The van der Waals surface area contributed by atoms with Crippen molar-refractivity contribution in [3.05, 3.63) is 12.7 Å². The highest BCUT2D eigenvalue weighted by Gasteiger charge is 2.22. The molecule has 0 aliphatic heterocycles. The second kappa shape index (κ2) is 8.20. The minimum absolute atomic E-state index is 0.0341. The fourth-order valence-corrected chi connectivity index (χ4v) is 1.83. The number of carbonyl (C=O) groups excluding carboxylic acids is 1. The zero-order valence-electron chi connectivity index (χ0n) is 12.9. The summed E-state index contributed by atoms with van der Waals surface area (Å²) in [5, 5.41) is 12.1. The van der Waals surface area contributed by atoms with Gasteiger partial charge in [0, 0.05) is 12.6 Å². The van der Waals surface area contributed by atoms with E-state index in [4.69, 9.17) is 4.74 Å². The summed E-state index contributed by atoms with van der Waals surface area (Å²) in [4.78, 5) is 11.7. The number of rotatable bonds is 7. The number of aliphatic hydroxyl groups is 1. The number of hydrogen-bond acceptors (Lipinski definition) is 3. The first-order valence-electron chi connectivity index (χ1n) is 6.96. The highest BCUT2D eigenvalue weighted by Crippen LogP contribution is 2.20. The van der Waals surface area contributed by atoms with E-state index in [1.807, 2.05) is 40.7 Å². The standard InChI is InChI=1S/C15H29NO3/c1-7-12(11(3)10-17)9-13(8-2)16-14(18)19-15(4,5)6/h7,11-13,17H,1,8-10H2,2-6H3,(H,16,18)/t11-,12-,13+/m1/s1. The van der Waals surface area contributed by atoms with Crippen LogP contribution in [-0.2, 0) is 4.74 Å². The van der Waals surface area contributed by atoms with Crippen molar-refractivity contribution >= 4 is 6.09 Å². The van der Waals surface area contributed by atoms with Gasteiger partial charge in [-0.25, -0.2) is 4.79 Å². The summed E-state index contributed by atoms with van der Waals surface area (Å²) in [6.07, 6.45) is 3.04. The number of hydrogen-bond donors (Lipinski definition) is 2. The molecule has 0 aromatic rings. The molecule has 3 atom stereocenters. The summed E-state index contributed by atoms with van der Waals surface area (Å²) >= 11 is 0. The van der Waals surface area contributed by atoms with Crippen LogP contribution >= 0.6 is 0 Å². The Morgan fingerprint density at radius 2 is 2.05 bits per heavy atom. The van der Waals surface area contributed by atoms with Crippen LogP contribution < -0.4 is 5.32 Å². The van der Waals surface area contributed by atoms with Gasteiger partial charge in [-0.05, 0) is 45.4 Å². The Morgan fingerprint density at radius 1 is 1.47 bits per heavy atom. The first-order valence-corrected chi connectivity index (χ1v) is 6.96. The Hall–Kier alpha value is -1.03. The topological polar surface area (TPSA) is 58.6 Å². The second-order valence-electron chi connectivity index (χ2n) is 6.05. The molecule has 0 aliphatic rings. The minimum atomic E-state index is -0.487. The van der Waals surface area contributed by atoms with Gasteiger partial charge in [0.25, 0.3) is 0 Å². The summed E-state index contributed by atoms with van der Waals surface area (Å²) in [7, 11) is 0. The smallest absolute Gasteiger partial charge is 0.407 e. The molecule has 0 unspecified atom stereocenters. The van der Waals surface area contributed by atoms with E-state index in [1.165, 1.54) is 0 Å². The van der Waals surface area contributed by atoms with Crippen LogP contribution in [0.2, 0.25) is 0 Å².